The summed E-state index contributed by atoms with van der Waals surface area (Å²) in [5.74, 6) is -0.947. The number of alkyl halides is 1. The Morgan fingerprint density at radius 3 is 3.00 bits per heavy atom. The molecule has 0 radical (unpaired) electrons. The van der Waals surface area contributed by atoms with Crippen LogP contribution in [0.15, 0.2) is 18.9 Å². The molecule has 20 heavy (non-hydrogen) atoms. The predicted octanol–water partition coefficient (Wildman–Crippen LogP) is 2.31. The summed E-state index contributed by atoms with van der Waals surface area (Å²) in [6.45, 7) is 4.02. The van der Waals surface area contributed by atoms with Crippen molar-refractivity contribution >= 4 is 28.6 Å². The molecule has 2 aromatic rings. The molecule has 0 unspecified atom stereocenters. The second-order valence-corrected chi connectivity index (χ2v) is 4.21. The minimum atomic E-state index is -0.947. The number of aromatic carboxylic acids is 1. The largest absolute Gasteiger partial charge is 0.477 e. The molecule has 3 rings (SSSR count). The van der Waals surface area contributed by atoms with Gasteiger partial charge in [-0.05, 0) is 17.8 Å². The molecule has 2 heterocycles. The lowest BCUT2D eigenvalue weighted by molar-refractivity contribution is 0.0683. The molecule has 0 bridgehead atoms. The molecule has 1 aliphatic rings. The van der Waals surface area contributed by atoms with Gasteiger partial charge >= 0.3 is 5.97 Å². The van der Waals surface area contributed by atoms with Crippen LogP contribution in [0.2, 0.25) is 0 Å². The van der Waals surface area contributed by atoms with Crippen molar-refractivity contribution in [1.29, 1.82) is 0 Å². The van der Waals surface area contributed by atoms with Crippen molar-refractivity contribution in [2.45, 2.75) is 19.4 Å². The third kappa shape index (κ3) is 2.37. The fourth-order valence-electron chi connectivity index (χ4n) is 2.40. The van der Waals surface area contributed by atoms with Gasteiger partial charge in [0.05, 0.1) is 18.4 Å². The van der Waals surface area contributed by atoms with Gasteiger partial charge in [0.2, 0.25) is 0 Å². The molecule has 2 N–H and O–H groups in total. The van der Waals surface area contributed by atoms with Crippen molar-refractivity contribution in [3.05, 3.63) is 35.8 Å². The molecular formula is C13H15IN4O2. The lowest BCUT2D eigenvalue weighted by Gasteiger charge is -2.09. The fraction of sp³-hybridized carbons (Fsp3) is 0.308. The molecule has 106 valence electrons. The van der Waals surface area contributed by atoms with Crippen molar-refractivity contribution in [2.24, 2.45) is 0 Å². The van der Waals surface area contributed by atoms with E-state index in [2.05, 4.69) is 44.5 Å². The third-order valence-electron chi connectivity index (χ3n) is 3.15. The Hall–Kier alpha value is -1.64. The van der Waals surface area contributed by atoms with E-state index in [0.717, 1.165) is 28.9 Å². The highest BCUT2D eigenvalue weighted by Crippen LogP contribution is 2.33. The lowest BCUT2D eigenvalue weighted by atomic mass is 9.94. The van der Waals surface area contributed by atoms with E-state index >= 15 is 0 Å². The first kappa shape index (κ1) is 14.8. The second kappa shape index (κ2) is 6.21. The summed E-state index contributed by atoms with van der Waals surface area (Å²) < 4.78 is 1.49. The normalized spacial score (nSPS) is 11.9. The van der Waals surface area contributed by atoms with Crippen LogP contribution in [0.4, 0.5) is 0 Å². The summed E-state index contributed by atoms with van der Waals surface area (Å²) in [6.07, 6.45) is 4.77. The number of aryl methyl sites for hydroxylation is 1. The molecule has 0 spiro atoms. The van der Waals surface area contributed by atoms with Gasteiger partial charge in [-0.1, -0.05) is 28.7 Å². The standard InChI is InChI=1S/C12H12N4O2.CH3I/c1-2-5-16-11(12(17)18)7-3-4-9-8(6-13-14-9)10(7)15-16;1-2/h2,6H,1,3-5H2,(H,13,14)(H,17,18);1H3. The first-order chi connectivity index (χ1) is 9.72. The van der Waals surface area contributed by atoms with Gasteiger partial charge in [-0.2, -0.15) is 10.2 Å². The molecule has 2 aromatic heterocycles. The predicted molar refractivity (Wildman–Crippen MR) is 84.3 cm³/mol. The Morgan fingerprint density at radius 1 is 1.60 bits per heavy atom. The molecular weight excluding hydrogens is 371 g/mol. The highest BCUT2D eigenvalue weighted by Gasteiger charge is 2.28. The van der Waals surface area contributed by atoms with Crippen LogP contribution in [-0.2, 0) is 19.4 Å². The molecule has 0 atom stereocenters. The molecule has 0 aromatic carbocycles. The third-order valence-corrected chi connectivity index (χ3v) is 3.15. The summed E-state index contributed by atoms with van der Waals surface area (Å²) in [6, 6.07) is 0. The maximum Gasteiger partial charge on any atom is 0.354 e. The lowest BCUT2D eigenvalue weighted by Crippen LogP contribution is -2.11. The summed E-state index contributed by atoms with van der Waals surface area (Å²) in [5, 5.41) is 20.6. The first-order valence-corrected chi connectivity index (χ1v) is 8.22. The topological polar surface area (TPSA) is 83.8 Å². The van der Waals surface area contributed by atoms with E-state index < -0.39 is 5.97 Å². The summed E-state index contributed by atoms with van der Waals surface area (Å²) in [5.41, 5.74) is 3.70. The van der Waals surface area contributed by atoms with Crippen molar-refractivity contribution in [2.75, 3.05) is 4.93 Å². The minimum absolute atomic E-state index is 0.261. The van der Waals surface area contributed by atoms with E-state index in [9.17, 15) is 9.90 Å². The zero-order chi connectivity index (χ0) is 14.7. The summed E-state index contributed by atoms with van der Waals surface area (Å²) in [4.78, 5) is 13.3. The van der Waals surface area contributed by atoms with Crippen molar-refractivity contribution in [3.8, 4) is 11.3 Å². The number of hydrogen-bond donors (Lipinski definition) is 2. The van der Waals surface area contributed by atoms with Gasteiger partial charge in [0.15, 0.2) is 0 Å². The number of carbonyl (C=O) groups is 1. The van der Waals surface area contributed by atoms with Gasteiger partial charge in [-0.3, -0.25) is 9.78 Å². The number of carboxylic acids is 1. The van der Waals surface area contributed by atoms with E-state index in [-0.39, 0.29) is 5.69 Å². The van der Waals surface area contributed by atoms with Crippen LogP contribution in [0, 0.1) is 0 Å². The van der Waals surface area contributed by atoms with E-state index in [4.69, 9.17) is 0 Å². The molecule has 0 aliphatic heterocycles. The molecule has 0 fully saturated rings. The molecule has 0 saturated carbocycles. The van der Waals surface area contributed by atoms with E-state index in [0.29, 0.717) is 13.0 Å². The maximum atomic E-state index is 11.4. The summed E-state index contributed by atoms with van der Waals surface area (Å²) >= 11 is 2.15. The zero-order valence-corrected chi connectivity index (χ0v) is 13.2. The average Bonchev–Trinajstić information content (AvgIpc) is 3.03. The number of allylic oxidation sites excluding steroid dienone is 1. The van der Waals surface area contributed by atoms with Gasteiger partial charge in [0.25, 0.3) is 0 Å². The Kier molecular flexibility index (Phi) is 4.58. The maximum absolute atomic E-state index is 11.4. The number of fused-ring (bicyclic) bond motifs is 3. The number of H-pyrrole nitrogens is 1. The molecule has 7 heteroatoms. The van der Waals surface area contributed by atoms with E-state index in [1.807, 2.05) is 4.93 Å². The number of nitrogens with zero attached hydrogens (tertiary/aromatic N) is 3. The van der Waals surface area contributed by atoms with Crippen molar-refractivity contribution in [3.63, 3.8) is 0 Å². The minimum Gasteiger partial charge on any atom is -0.477 e. The molecule has 1 aliphatic carbocycles. The zero-order valence-electron chi connectivity index (χ0n) is 11.1. The smallest absolute Gasteiger partial charge is 0.354 e. The Bertz CT molecular complexity index is 645. The molecule has 0 amide bonds. The van der Waals surface area contributed by atoms with Gasteiger partial charge in [0, 0.05) is 16.8 Å². The number of aromatic amines is 1. The van der Waals surface area contributed by atoms with E-state index in [1.54, 1.807) is 12.3 Å². The van der Waals surface area contributed by atoms with Crippen LogP contribution in [0.1, 0.15) is 21.7 Å². The average molecular weight is 386 g/mol. The monoisotopic (exact) mass is 386 g/mol. The Morgan fingerprint density at radius 2 is 2.35 bits per heavy atom. The number of carboxylic acid groups (broad SMARTS) is 1. The molecule has 0 saturated heterocycles. The van der Waals surface area contributed by atoms with Gasteiger partial charge in [0.1, 0.15) is 5.69 Å². The Balaban J connectivity index is 0.000000704. The Labute approximate surface area is 130 Å². The molecule has 6 nitrogen and oxygen atoms in total. The van der Waals surface area contributed by atoms with Crippen LogP contribution >= 0.6 is 22.6 Å². The highest BCUT2D eigenvalue weighted by atomic mass is 127. The van der Waals surface area contributed by atoms with Crippen LogP contribution in [0.5, 0.6) is 0 Å². The van der Waals surface area contributed by atoms with Crippen LogP contribution in [-0.4, -0.2) is 36.0 Å². The number of hydrogen-bond acceptors (Lipinski definition) is 3. The number of nitrogens with one attached hydrogen (secondary N) is 1. The fourth-order valence-corrected chi connectivity index (χ4v) is 2.40. The van der Waals surface area contributed by atoms with Crippen molar-refractivity contribution in [1.82, 2.24) is 20.0 Å². The highest BCUT2D eigenvalue weighted by molar-refractivity contribution is 14.1. The van der Waals surface area contributed by atoms with E-state index in [1.165, 1.54) is 4.68 Å². The van der Waals surface area contributed by atoms with Crippen LogP contribution < -0.4 is 0 Å². The SMILES string of the molecule is C=CCn1nc2c(c1C(=O)O)CCc1[nH]ncc1-2.CI. The van der Waals surface area contributed by atoms with Gasteiger partial charge in [-0.25, -0.2) is 4.79 Å². The van der Waals surface area contributed by atoms with Crippen molar-refractivity contribution < 1.29 is 9.90 Å². The van der Waals surface area contributed by atoms with Gasteiger partial charge < -0.3 is 5.11 Å². The number of halogens is 1. The number of aromatic nitrogens is 4. The van der Waals surface area contributed by atoms with Crippen LogP contribution in [0.3, 0.4) is 0 Å². The summed E-state index contributed by atoms with van der Waals surface area (Å²) in [7, 11) is 0. The van der Waals surface area contributed by atoms with Crippen LogP contribution in [0.25, 0.3) is 11.3 Å². The first-order valence-electron chi connectivity index (χ1n) is 6.06. The van der Waals surface area contributed by atoms with Gasteiger partial charge in [-0.15, -0.1) is 6.58 Å². The number of rotatable bonds is 3. The quantitative estimate of drug-likeness (QED) is 0.482. The second-order valence-electron chi connectivity index (χ2n) is 4.21.